The number of pyridine rings is 1. The van der Waals surface area contributed by atoms with E-state index in [4.69, 9.17) is 38.4 Å². The summed E-state index contributed by atoms with van der Waals surface area (Å²) < 4.78 is 10.8. The van der Waals surface area contributed by atoms with Crippen LogP contribution in [0.15, 0.2) is 48.5 Å². The first-order chi connectivity index (χ1) is 14.5. The van der Waals surface area contributed by atoms with Gasteiger partial charge in [0.15, 0.2) is 11.5 Å². The summed E-state index contributed by atoms with van der Waals surface area (Å²) in [7, 11) is 0. The third kappa shape index (κ3) is 3.31. The molecule has 1 amide bonds. The number of halogens is 2. The molecule has 3 N–H and O–H groups in total. The average Bonchev–Trinajstić information content (AvgIpc) is 3.33. The zero-order valence-corrected chi connectivity index (χ0v) is 17.6. The van der Waals surface area contributed by atoms with E-state index < -0.39 is 0 Å². The van der Waals surface area contributed by atoms with Gasteiger partial charge in [-0.25, -0.2) is 4.98 Å². The van der Waals surface area contributed by atoms with Gasteiger partial charge in [-0.1, -0.05) is 23.2 Å². The molecule has 0 fully saturated rings. The maximum atomic E-state index is 12.8. The molecule has 6 nitrogen and oxygen atoms in total. The van der Waals surface area contributed by atoms with Crippen LogP contribution in [0.3, 0.4) is 0 Å². The number of nitrogens with one attached hydrogen (secondary N) is 1. The summed E-state index contributed by atoms with van der Waals surface area (Å²) in [5.41, 5.74) is 8.70. The Morgan fingerprint density at radius 1 is 1.07 bits per heavy atom. The summed E-state index contributed by atoms with van der Waals surface area (Å²) in [5.74, 6) is 1.03. The van der Waals surface area contributed by atoms with Crippen LogP contribution >= 0.6 is 34.5 Å². The van der Waals surface area contributed by atoms with Crippen LogP contribution in [0, 0.1) is 0 Å². The molecule has 0 saturated heterocycles. The summed E-state index contributed by atoms with van der Waals surface area (Å²) >= 11 is 13.3. The zero-order chi connectivity index (χ0) is 20.8. The fourth-order valence-corrected chi connectivity index (χ4v) is 4.60. The van der Waals surface area contributed by atoms with E-state index in [1.54, 1.807) is 18.2 Å². The zero-order valence-electron chi connectivity index (χ0n) is 15.2. The minimum absolute atomic E-state index is 0.211. The Labute approximate surface area is 185 Å². The molecule has 2 aromatic carbocycles. The highest BCUT2D eigenvalue weighted by molar-refractivity contribution is 7.21. The Morgan fingerprint density at radius 2 is 1.90 bits per heavy atom. The quantitative estimate of drug-likeness (QED) is 0.403. The number of benzene rings is 2. The molecule has 1 aliphatic rings. The number of ether oxygens (including phenoxy) is 2. The summed E-state index contributed by atoms with van der Waals surface area (Å²) in [6.07, 6.45) is 0. The molecule has 0 bridgehead atoms. The first kappa shape index (κ1) is 19.0. The van der Waals surface area contributed by atoms with Crippen molar-refractivity contribution in [2.45, 2.75) is 0 Å². The number of nitrogens with two attached hydrogens (primary N) is 1. The average molecular weight is 458 g/mol. The molecule has 2 aromatic heterocycles. The van der Waals surface area contributed by atoms with E-state index in [9.17, 15) is 4.79 Å². The van der Waals surface area contributed by atoms with Crippen molar-refractivity contribution < 1.29 is 14.3 Å². The molecular weight excluding hydrogens is 445 g/mol. The van der Waals surface area contributed by atoms with Crippen molar-refractivity contribution in [1.82, 2.24) is 4.98 Å². The molecule has 0 spiro atoms. The molecule has 1 aliphatic heterocycles. The van der Waals surface area contributed by atoms with Gasteiger partial charge in [0, 0.05) is 16.0 Å². The third-order valence-electron chi connectivity index (χ3n) is 4.65. The van der Waals surface area contributed by atoms with Gasteiger partial charge in [-0.2, -0.15) is 0 Å². The van der Waals surface area contributed by atoms with E-state index in [0.717, 1.165) is 16.6 Å². The second-order valence-electron chi connectivity index (χ2n) is 6.54. The van der Waals surface area contributed by atoms with Crippen LogP contribution in [0.25, 0.3) is 21.5 Å². The maximum Gasteiger partial charge on any atom is 0.267 e. The van der Waals surface area contributed by atoms with Crippen LogP contribution in [-0.4, -0.2) is 17.7 Å². The number of amides is 1. The van der Waals surface area contributed by atoms with Gasteiger partial charge in [0.25, 0.3) is 5.91 Å². The van der Waals surface area contributed by atoms with Gasteiger partial charge in [-0.15, -0.1) is 11.3 Å². The Morgan fingerprint density at radius 3 is 2.73 bits per heavy atom. The Kier molecular flexibility index (Phi) is 4.66. The molecule has 0 aliphatic carbocycles. The summed E-state index contributed by atoms with van der Waals surface area (Å²) in [6.45, 7) is 0.211. The van der Waals surface area contributed by atoms with Crippen LogP contribution in [0.4, 0.5) is 11.4 Å². The van der Waals surface area contributed by atoms with Crippen molar-refractivity contribution in [2.24, 2.45) is 0 Å². The predicted molar refractivity (Wildman–Crippen MR) is 120 cm³/mol. The fourth-order valence-electron chi connectivity index (χ4n) is 3.15. The minimum atomic E-state index is -0.357. The lowest BCUT2D eigenvalue weighted by Crippen LogP contribution is -2.12. The normalized spacial score (nSPS) is 12.3. The molecule has 30 heavy (non-hydrogen) atoms. The number of thiophene rings is 1. The highest BCUT2D eigenvalue weighted by Crippen LogP contribution is 2.38. The van der Waals surface area contributed by atoms with Crippen LogP contribution < -0.4 is 20.5 Å². The van der Waals surface area contributed by atoms with Crippen LogP contribution in [0.2, 0.25) is 10.0 Å². The van der Waals surface area contributed by atoms with E-state index in [0.29, 0.717) is 42.6 Å². The number of fused-ring (bicyclic) bond motifs is 2. The predicted octanol–water partition coefficient (Wildman–Crippen LogP) is 5.83. The summed E-state index contributed by atoms with van der Waals surface area (Å²) in [5, 5.41) is 4.32. The van der Waals surface area contributed by atoms with E-state index in [2.05, 4.69) is 10.3 Å². The van der Waals surface area contributed by atoms with E-state index >= 15 is 0 Å². The highest BCUT2D eigenvalue weighted by atomic mass is 35.5. The summed E-state index contributed by atoms with van der Waals surface area (Å²) in [4.78, 5) is 18.5. The molecule has 0 atom stereocenters. The molecule has 150 valence electrons. The number of rotatable bonds is 3. The molecule has 5 rings (SSSR count). The number of anilines is 2. The van der Waals surface area contributed by atoms with Gasteiger partial charge < -0.3 is 20.5 Å². The van der Waals surface area contributed by atoms with Crippen LogP contribution in [0.5, 0.6) is 11.5 Å². The van der Waals surface area contributed by atoms with Gasteiger partial charge in [-0.05, 0) is 48.5 Å². The van der Waals surface area contributed by atoms with Crippen molar-refractivity contribution in [3.63, 3.8) is 0 Å². The topological polar surface area (TPSA) is 86.5 Å². The molecular formula is C21H13Cl2N3O3S. The van der Waals surface area contributed by atoms with Crippen molar-refractivity contribution in [3.05, 3.63) is 63.5 Å². The summed E-state index contributed by atoms with van der Waals surface area (Å²) in [6, 6.07) is 14.2. The number of hydrogen-bond acceptors (Lipinski definition) is 6. The fraction of sp³-hybridized carbons (Fsp3) is 0.0476. The number of carbonyl (C=O) groups excluding carboxylic acids is 1. The van der Waals surface area contributed by atoms with E-state index in [1.807, 2.05) is 30.3 Å². The lowest BCUT2D eigenvalue weighted by atomic mass is 10.1. The second-order valence-corrected chi connectivity index (χ2v) is 8.38. The molecule has 0 radical (unpaired) electrons. The second kappa shape index (κ2) is 7.36. The van der Waals surface area contributed by atoms with Crippen molar-refractivity contribution in [3.8, 4) is 22.8 Å². The number of carbonyl (C=O) groups is 1. The van der Waals surface area contributed by atoms with Gasteiger partial charge in [-0.3, -0.25) is 4.79 Å². The lowest BCUT2D eigenvalue weighted by Gasteiger charge is -2.06. The van der Waals surface area contributed by atoms with Crippen molar-refractivity contribution >= 4 is 62.0 Å². The van der Waals surface area contributed by atoms with Gasteiger partial charge >= 0.3 is 0 Å². The number of hydrogen-bond donors (Lipinski definition) is 2. The lowest BCUT2D eigenvalue weighted by molar-refractivity contribution is 0.103. The van der Waals surface area contributed by atoms with Gasteiger partial charge in [0.2, 0.25) is 6.79 Å². The molecule has 4 aromatic rings. The number of nitrogen functional groups attached to an aromatic ring is 1. The molecule has 9 heteroatoms. The molecule has 0 unspecified atom stereocenters. The minimum Gasteiger partial charge on any atom is -0.454 e. The van der Waals surface area contributed by atoms with Crippen molar-refractivity contribution in [2.75, 3.05) is 17.8 Å². The van der Waals surface area contributed by atoms with E-state index in [-0.39, 0.29) is 12.7 Å². The molecule has 3 heterocycles. The maximum absolute atomic E-state index is 12.8. The van der Waals surface area contributed by atoms with Crippen molar-refractivity contribution in [1.29, 1.82) is 0 Å². The third-order valence-corrected chi connectivity index (χ3v) is 6.31. The first-order valence-electron chi connectivity index (χ1n) is 8.85. The van der Waals surface area contributed by atoms with Crippen LogP contribution in [-0.2, 0) is 0 Å². The first-order valence-corrected chi connectivity index (χ1v) is 10.4. The van der Waals surface area contributed by atoms with E-state index in [1.165, 1.54) is 11.3 Å². The molecule has 0 saturated carbocycles. The smallest absolute Gasteiger partial charge is 0.267 e. The van der Waals surface area contributed by atoms with Gasteiger partial charge in [0.05, 0.1) is 22.1 Å². The number of aromatic nitrogens is 1. The number of nitrogens with zero attached hydrogens (tertiary/aromatic N) is 1. The SMILES string of the molecule is Nc1c(C(=O)Nc2ccc(Cl)cc2Cl)sc2nc(-c3ccc4c(c3)OCO4)ccc12. The Hall–Kier alpha value is -3.00. The van der Waals surface area contributed by atoms with Crippen LogP contribution in [0.1, 0.15) is 9.67 Å². The Balaban J connectivity index is 1.48. The largest absolute Gasteiger partial charge is 0.454 e. The standard InChI is InChI=1S/C21H13Cl2N3O3S/c22-11-2-4-15(13(23)8-11)25-20(27)19-18(24)12-3-5-14(26-21(12)30-19)10-1-6-16-17(7-10)29-9-28-16/h1-8H,9,24H2,(H,25,27). The monoisotopic (exact) mass is 457 g/mol. The van der Waals surface area contributed by atoms with Gasteiger partial charge in [0.1, 0.15) is 9.71 Å². The Bertz CT molecular complexity index is 1320. The highest BCUT2D eigenvalue weighted by Gasteiger charge is 2.20.